The Morgan fingerprint density at radius 3 is 2.77 bits per heavy atom. The maximum atomic E-state index is 11.9. The smallest absolute Gasteiger partial charge is 0.238 e. The van der Waals surface area contributed by atoms with Crippen LogP contribution in [-0.2, 0) is 4.79 Å². The van der Waals surface area contributed by atoms with Crippen LogP contribution in [0.2, 0.25) is 0 Å². The zero-order chi connectivity index (χ0) is 15.4. The summed E-state index contributed by atoms with van der Waals surface area (Å²) < 4.78 is 0. The largest absolute Gasteiger partial charge is 0.368 e. The van der Waals surface area contributed by atoms with E-state index in [1.54, 1.807) is 0 Å². The molecule has 0 aromatic rings. The van der Waals surface area contributed by atoms with Gasteiger partial charge >= 0.3 is 0 Å². The van der Waals surface area contributed by atoms with Crippen molar-refractivity contribution in [1.82, 2.24) is 10.2 Å². The second kappa shape index (κ2) is 7.14. The third-order valence-corrected chi connectivity index (χ3v) is 5.79. The molecule has 2 heterocycles. The lowest BCUT2D eigenvalue weighted by atomic mass is 10.1. The van der Waals surface area contributed by atoms with Crippen LogP contribution >= 0.6 is 0 Å². The number of carbonyl (C=O) groups excluding carboxylic acids is 1. The molecule has 0 spiro atoms. The van der Waals surface area contributed by atoms with Crippen LogP contribution in [0.5, 0.6) is 0 Å². The van der Waals surface area contributed by atoms with E-state index in [0.29, 0.717) is 12.0 Å². The highest BCUT2D eigenvalue weighted by molar-refractivity contribution is 5.89. The van der Waals surface area contributed by atoms with Gasteiger partial charge in [-0.15, -0.1) is 0 Å². The summed E-state index contributed by atoms with van der Waals surface area (Å²) in [5.74, 6) is 0.140. The lowest BCUT2D eigenvalue weighted by Gasteiger charge is -2.26. The highest BCUT2D eigenvalue weighted by atomic mass is 16.1. The van der Waals surface area contributed by atoms with Gasteiger partial charge in [0.15, 0.2) is 0 Å². The second-order valence-electron chi connectivity index (χ2n) is 7.34. The fourth-order valence-electron chi connectivity index (χ4n) is 4.18. The lowest BCUT2D eigenvalue weighted by molar-refractivity contribution is -0.121. The van der Waals surface area contributed by atoms with Gasteiger partial charge in [0.1, 0.15) is 5.54 Å². The average Bonchev–Trinajstić information content (AvgIpc) is 3.04. The molecule has 1 saturated carbocycles. The molecule has 4 nitrogen and oxygen atoms in total. The molecule has 0 aromatic carbocycles. The van der Waals surface area contributed by atoms with Crippen molar-refractivity contribution in [1.29, 1.82) is 0 Å². The van der Waals surface area contributed by atoms with Crippen molar-refractivity contribution in [2.75, 3.05) is 19.6 Å². The van der Waals surface area contributed by atoms with Crippen LogP contribution in [0.15, 0.2) is 12.2 Å². The molecular formula is C18H31N3O. The number of hydrogen-bond acceptors (Lipinski definition) is 3. The molecule has 0 radical (unpaired) electrons. The Hall–Kier alpha value is -0.870. The molecule has 0 aromatic heterocycles. The number of allylic oxidation sites excluding steroid dienone is 1. The quantitative estimate of drug-likeness (QED) is 0.730. The van der Waals surface area contributed by atoms with Crippen LogP contribution in [0.1, 0.15) is 57.8 Å². The van der Waals surface area contributed by atoms with E-state index in [4.69, 9.17) is 5.73 Å². The number of nitrogens with two attached hydrogens (primary N) is 1. The summed E-state index contributed by atoms with van der Waals surface area (Å²) in [7, 11) is 0. The Balaban J connectivity index is 1.64. The molecule has 1 saturated heterocycles. The van der Waals surface area contributed by atoms with Crippen LogP contribution < -0.4 is 11.1 Å². The number of primary amides is 1. The van der Waals surface area contributed by atoms with Crippen LogP contribution in [0, 0.1) is 5.92 Å². The normalized spacial score (nSPS) is 37.6. The highest BCUT2D eigenvalue weighted by Gasteiger charge is 2.57. The number of nitrogens with zero attached hydrogens (tertiary/aromatic N) is 1. The van der Waals surface area contributed by atoms with Crippen LogP contribution in [0.4, 0.5) is 0 Å². The van der Waals surface area contributed by atoms with E-state index in [2.05, 4.69) is 22.4 Å². The van der Waals surface area contributed by atoms with Gasteiger partial charge in [-0.2, -0.15) is 0 Å². The number of hydrogen-bond donors (Lipinski definition) is 2. The summed E-state index contributed by atoms with van der Waals surface area (Å²) in [6.07, 6.45) is 15.7. The molecule has 4 heteroatoms. The van der Waals surface area contributed by atoms with Crippen LogP contribution in [0.3, 0.4) is 0 Å². The van der Waals surface area contributed by atoms with Gasteiger partial charge in [-0.3, -0.25) is 9.69 Å². The second-order valence-corrected chi connectivity index (χ2v) is 7.34. The first-order valence-electron chi connectivity index (χ1n) is 9.18. The molecule has 3 atom stereocenters. The van der Waals surface area contributed by atoms with E-state index >= 15 is 0 Å². The molecule has 2 fully saturated rings. The monoisotopic (exact) mass is 305 g/mol. The minimum Gasteiger partial charge on any atom is -0.368 e. The molecule has 3 aliphatic rings. The molecule has 3 N–H and O–H groups in total. The fraction of sp³-hybridized carbons (Fsp3) is 0.833. The van der Waals surface area contributed by atoms with Crippen molar-refractivity contribution in [2.24, 2.45) is 11.7 Å². The number of fused-ring (bicyclic) bond motifs is 2. The average molecular weight is 305 g/mol. The first-order valence-corrected chi connectivity index (χ1v) is 9.18. The van der Waals surface area contributed by atoms with E-state index in [1.807, 2.05) is 0 Å². The predicted molar refractivity (Wildman–Crippen MR) is 89.5 cm³/mol. The molecule has 1 amide bonds. The third-order valence-electron chi connectivity index (χ3n) is 5.79. The third kappa shape index (κ3) is 3.54. The molecule has 3 unspecified atom stereocenters. The van der Waals surface area contributed by atoms with Gasteiger partial charge in [0, 0.05) is 18.5 Å². The van der Waals surface area contributed by atoms with Gasteiger partial charge in [-0.25, -0.2) is 0 Å². The lowest BCUT2D eigenvalue weighted by Crippen LogP contribution is -2.50. The van der Waals surface area contributed by atoms with Crippen molar-refractivity contribution >= 4 is 5.91 Å². The summed E-state index contributed by atoms with van der Waals surface area (Å²) in [4.78, 5) is 14.5. The molecule has 0 bridgehead atoms. The molecule has 124 valence electrons. The summed E-state index contributed by atoms with van der Waals surface area (Å²) >= 11 is 0. The number of carbonyl (C=O) groups is 1. The van der Waals surface area contributed by atoms with Crippen molar-refractivity contribution in [3.8, 4) is 0 Å². The van der Waals surface area contributed by atoms with Crippen LogP contribution in [0.25, 0.3) is 0 Å². The Labute approximate surface area is 134 Å². The Bertz CT molecular complexity index is 423. The molecule has 22 heavy (non-hydrogen) atoms. The molecule has 3 rings (SSSR count). The first-order chi connectivity index (χ1) is 10.7. The summed E-state index contributed by atoms with van der Waals surface area (Å²) in [5, 5.41) is 3.54. The standard InChI is InChI=1S/C18H31N3O/c19-17(22)18-13-15(18)9-6-4-2-1-3-5-7-11-21-12-8-10-16(21)14-20-18/h6,9,15-16,20H,1-5,7-8,10-14H2,(H2,19,22). The zero-order valence-electron chi connectivity index (χ0n) is 13.7. The number of rotatable bonds is 1. The number of amides is 1. The first kappa shape index (κ1) is 16.0. The van der Waals surface area contributed by atoms with Gasteiger partial charge in [0.2, 0.25) is 5.91 Å². The molecule has 1 aliphatic carbocycles. The van der Waals surface area contributed by atoms with E-state index < -0.39 is 5.54 Å². The minimum absolute atomic E-state index is 0.170. The maximum absolute atomic E-state index is 11.9. The van der Waals surface area contributed by atoms with Gasteiger partial charge in [0.05, 0.1) is 0 Å². The van der Waals surface area contributed by atoms with E-state index in [0.717, 1.165) is 19.4 Å². The highest BCUT2D eigenvalue weighted by Crippen LogP contribution is 2.44. The Morgan fingerprint density at radius 2 is 1.91 bits per heavy atom. The summed E-state index contributed by atoms with van der Waals surface area (Å²) in [6.45, 7) is 3.35. The van der Waals surface area contributed by atoms with Gasteiger partial charge in [-0.1, -0.05) is 31.4 Å². The Kier molecular flexibility index (Phi) is 5.19. The van der Waals surface area contributed by atoms with Gasteiger partial charge < -0.3 is 11.1 Å². The molecule has 2 aliphatic heterocycles. The van der Waals surface area contributed by atoms with Crippen molar-refractivity contribution in [3.05, 3.63) is 12.2 Å². The topological polar surface area (TPSA) is 58.4 Å². The minimum atomic E-state index is -0.453. The zero-order valence-corrected chi connectivity index (χ0v) is 13.7. The molecular weight excluding hydrogens is 274 g/mol. The van der Waals surface area contributed by atoms with Gasteiger partial charge in [0.25, 0.3) is 0 Å². The predicted octanol–water partition coefficient (Wildman–Crippen LogP) is 2.19. The van der Waals surface area contributed by atoms with Crippen LogP contribution in [-0.4, -0.2) is 42.0 Å². The Morgan fingerprint density at radius 1 is 1.14 bits per heavy atom. The van der Waals surface area contributed by atoms with Crippen molar-refractivity contribution in [3.63, 3.8) is 0 Å². The summed E-state index contributed by atoms with van der Waals surface area (Å²) in [6, 6.07) is 0.589. The van der Waals surface area contributed by atoms with Crippen molar-refractivity contribution in [2.45, 2.75) is 69.4 Å². The SMILES string of the molecule is NC(=O)C12CC1C=CCCCCCCCN1CCCC1CN2. The summed E-state index contributed by atoms with van der Waals surface area (Å²) in [5.41, 5.74) is 5.24. The van der Waals surface area contributed by atoms with E-state index in [9.17, 15) is 4.79 Å². The van der Waals surface area contributed by atoms with Crippen molar-refractivity contribution < 1.29 is 4.79 Å². The number of nitrogens with one attached hydrogen (secondary N) is 1. The van der Waals surface area contributed by atoms with E-state index in [1.165, 1.54) is 58.0 Å². The maximum Gasteiger partial charge on any atom is 0.238 e. The fourth-order valence-corrected chi connectivity index (χ4v) is 4.18. The van der Waals surface area contributed by atoms with Gasteiger partial charge in [-0.05, 0) is 51.6 Å². The van der Waals surface area contributed by atoms with E-state index in [-0.39, 0.29) is 5.91 Å².